The first kappa shape index (κ1) is 14.2. The zero-order valence-corrected chi connectivity index (χ0v) is 13.9. The van der Waals surface area contributed by atoms with E-state index in [0.717, 1.165) is 39.8 Å². The molecule has 5 heteroatoms. The molecule has 0 spiro atoms. The van der Waals surface area contributed by atoms with Gasteiger partial charge in [-0.05, 0) is 42.0 Å². The van der Waals surface area contributed by atoms with Gasteiger partial charge in [-0.2, -0.15) is 0 Å². The highest BCUT2D eigenvalue weighted by Crippen LogP contribution is 2.24. The molecule has 0 amide bonds. The van der Waals surface area contributed by atoms with Gasteiger partial charge in [0.2, 0.25) is 0 Å². The minimum Gasteiger partial charge on any atom is -0.289 e. The van der Waals surface area contributed by atoms with E-state index >= 15 is 0 Å². The van der Waals surface area contributed by atoms with Crippen molar-refractivity contribution >= 4 is 33.1 Å². The lowest BCUT2D eigenvalue weighted by Crippen LogP contribution is -2.12. The number of benzene rings is 1. The molecule has 0 fully saturated rings. The van der Waals surface area contributed by atoms with E-state index in [-0.39, 0.29) is 5.56 Å². The van der Waals surface area contributed by atoms with Gasteiger partial charge >= 0.3 is 0 Å². The molecule has 0 aliphatic rings. The molecule has 116 valence electrons. The summed E-state index contributed by atoms with van der Waals surface area (Å²) in [5.41, 5.74) is 4.15. The van der Waals surface area contributed by atoms with Crippen LogP contribution < -0.4 is 5.56 Å². The highest BCUT2D eigenvalue weighted by molar-refractivity contribution is 7.12. The van der Waals surface area contributed by atoms with Crippen LogP contribution in [0, 0.1) is 6.92 Å². The fourth-order valence-corrected chi connectivity index (χ4v) is 3.84. The summed E-state index contributed by atoms with van der Waals surface area (Å²) < 4.78 is 1.63. The number of nitrogens with one attached hydrogen (secondary N) is 1. The molecule has 0 aliphatic carbocycles. The molecular formula is C18H17N3OS. The largest absolute Gasteiger partial charge is 0.289 e. The lowest BCUT2D eigenvalue weighted by Gasteiger charge is -1.99. The van der Waals surface area contributed by atoms with E-state index in [0.29, 0.717) is 5.39 Å². The minimum atomic E-state index is -0.0418. The number of hydrogen-bond acceptors (Lipinski definition) is 3. The van der Waals surface area contributed by atoms with Crippen LogP contribution in [0.3, 0.4) is 0 Å². The van der Waals surface area contributed by atoms with E-state index in [9.17, 15) is 4.79 Å². The molecule has 0 saturated heterocycles. The van der Waals surface area contributed by atoms with Gasteiger partial charge in [-0.1, -0.05) is 25.5 Å². The van der Waals surface area contributed by atoms with Gasteiger partial charge in [-0.15, -0.1) is 11.3 Å². The minimum absolute atomic E-state index is 0.0418. The van der Waals surface area contributed by atoms with Crippen LogP contribution in [0.1, 0.15) is 24.5 Å². The van der Waals surface area contributed by atoms with Crippen LogP contribution in [0.15, 0.2) is 40.6 Å². The van der Waals surface area contributed by atoms with Crippen molar-refractivity contribution in [2.24, 2.45) is 0 Å². The van der Waals surface area contributed by atoms with Crippen LogP contribution in [-0.2, 0) is 6.42 Å². The number of pyridine rings is 1. The van der Waals surface area contributed by atoms with Crippen LogP contribution >= 0.6 is 11.3 Å². The van der Waals surface area contributed by atoms with Gasteiger partial charge in [0.1, 0.15) is 5.00 Å². The molecule has 4 nitrogen and oxygen atoms in total. The third kappa shape index (κ3) is 2.28. The molecule has 1 aromatic carbocycles. The summed E-state index contributed by atoms with van der Waals surface area (Å²) in [6.45, 7) is 4.20. The Bertz CT molecular complexity index is 1070. The zero-order valence-electron chi connectivity index (χ0n) is 13.1. The monoisotopic (exact) mass is 323 g/mol. The third-order valence-electron chi connectivity index (χ3n) is 4.08. The second-order valence-corrected chi connectivity index (χ2v) is 6.75. The number of fused-ring (bicyclic) bond motifs is 3. The number of aromatic nitrogens is 3. The summed E-state index contributed by atoms with van der Waals surface area (Å²) in [6.07, 6.45) is 3.81. The van der Waals surface area contributed by atoms with Crippen LogP contribution in [0.2, 0.25) is 0 Å². The topological polar surface area (TPSA) is 50.7 Å². The maximum absolute atomic E-state index is 12.7. The summed E-state index contributed by atoms with van der Waals surface area (Å²) in [5, 5.41) is 7.93. The van der Waals surface area contributed by atoms with Crippen molar-refractivity contribution in [3.05, 3.63) is 57.3 Å². The predicted molar refractivity (Wildman–Crippen MR) is 95.8 cm³/mol. The normalized spacial score (nSPS) is 11.6. The highest BCUT2D eigenvalue weighted by Gasteiger charge is 2.13. The maximum Gasteiger partial charge on any atom is 0.281 e. The van der Waals surface area contributed by atoms with E-state index in [1.165, 1.54) is 5.56 Å². The van der Waals surface area contributed by atoms with Crippen molar-refractivity contribution in [2.45, 2.75) is 26.7 Å². The number of rotatable bonds is 3. The molecule has 0 unspecified atom stereocenters. The van der Waals surface area contributed by atoms with E-state index in [1.807, 2.05) is 25.1 Å². The quantitative estimate of drug-likeness (QED) is 0.614. The Morgan fingerprint density at radius 3 is 2.96 bits per heavy atom. The van der Waals surface area contributed by atoms with Gasteiger partial charge in [0, 0.05) is 11.6 Å². The van der Waals surface area contributed by atoms with Crippen LogP contribution in [0.4, 0.5) is 0 Å². The number of hydrogen-bond donors (Lipinski definition) is 1. The third-order valence-corrected chi connectivity index (χ3v) is 5.04. The second-order valence-electron chi connectivity index (χ2n) is 5.86. The van der Waals surface area contributed by atoms with Crippen molar-refractivity contribution in [3.8, 4) is 5.00 Å². The van der Waals surface area contributed by atoms with Crippen molar-refractivity contribution in [1.82, 2.24) is 14.8 Å². The van der Waals surface area contributed by atoms with Gasteiger partial charge in [-0.3, -0.25) is 14.9 Å². The van der Waals surface area contributed by atoms with Crippen molar-refractivity contribution in [2.75, 3.05) is 0 Å². The summed E-state index contributed by atoms with van der Waals surface area (Å²) in [5.74, 6) is 0. The van der Waals surface area contributed by atoms with Gasteiger partial charge in [0.05, 0.1) is 16.4 Å². The average Bonchev–Trinajstić information content (AvgIpc) is 3.12. The fourth-order valence-electron chi connectivity index (χ4n) is 2.92. The first-order chi connectivity index (χ1) is 11.2. The Hall–Kier alpha value is -2.40. The summed E-state index contributed by atoms with van der Waals surface area (Å²) in [6, 6.07) is 8.19. The Morgan fingerprint density at radius 1 is 1.26 bits per heavy atom. The number of aryl methyl sites for hydroxylation is 2. The van der Waals surface area contributed by atoms with E-state index < -0.39 is 0 Å². The van der Waals surface area contributed by atoms with Gasteiger partial charge in [0.15, 0.2) is 0 Å². The Labute approximate surface area is 137 Å². The predicted octanol–water partition coefficient (Wildman–Crippen LogP) is 4.19. The molecule has 4 rings (SSSR count). The van der Waals surface area contributed by atoms with Crippen molar-refractivity contribution < 1.29 is 0 Å². The first-order valence-electron chi connectivity index (χ1n) is 7.75. The lowest BCUT2D eigenvalue weighted by atomic mass is 10.1. The molecule has 3 heterocycles. The molecule has 0 atom stereocenters. The van der Waals surface area contributed by atoms with Crippen LogP contribution in [-0.4, -0.2) is 14.8 Å². The van der Waals surface area contributed by atoms with Crippen LogP contribution in [0.5, 0.6) is 0 Å². The van der Waals surface area contributed by atoms with Gasteiger partial charge < -0.3 is 0 Å². The summed E-state index contributed by atoms with van der Waals surface area (Å²) in [7, 11) is 0. The average molecular weight is 323 g/mol. The lowest BCUT2D eigenvalue weighted by molar-refractivity contribution is 0.875. The SMILES string of the molecule is CCCc1csc(-n2[nH]c3c(cnc4cc(C)ccc43)c2=O)c1. The molecule has 1 N–H and O–H groups in total. The number of aromatic amines is 1. The maximum atomic E-state index is 12.7. The number of H-pyrrole nitrogens is 1. The smallest absolute Gasteiger partial charge is 0.281 e. The van der Waals surface area contributed by atoms with Crippen molar-refractivity contribution in [3.63, 3.8) is 0 Å². The Balaban J connectivity index is 1.95. The Morgan fingerprint density at radius 2 is 2.13 bits per heavy atom. The van der Waals surface area contributed by atoms with E-state index in [2.05, 4.69) is 28.5 Å². The highest BCUT2D eigenvalue weighted by atomic mass is 32.1. The number of thiophene rings is 1. The fraction of sp³-hybridized carbons (Fsp3) is 0.222. The number of nitrogens with zero attached hydrogens (tertiary/aromatic N) is 2. The van der Waals surface area contributed by atoms with E-state index in [4.69, 9.17) is 0 Å². The first-order valence-corrected chi connectivity index (χ1v) is 8.63. The molecule has 0 aliphatic heterocycles. The molecule has 23 heavy (non-hydrogen) atoms. The van der Waals surface area contributed by atoms with E-state index in [1.54, 1.807) is 22.2 Å². The standard InChI is InChI=1S/C18H17N3OS/c1-3-4-12-8-16(23-10-12)21-18(22)14-9-19-15-7-11(2)5-6-13(15)17(14)20-21/h5-10,20H,3-4H2,1-2H3. The summed E-state index contributed by atoms with van der Waals surface area (Å²) in [4.78, 5) is 17.1. The molecule has 3 aromatic heterocycles. The van der Waals surface area contributed by atoms with Gasteiger partial charge in [0.25, 0.3) is 5.56 Å². The molecule has 0 saturated carbocycles. The molecule has 0 radical (unpaired) electrons. The Kier molecular flexibility index (Phi) is 3.31. The van der Waals surface area contributed by atoms with Crippen molar-refractivity contribution in [1.29, 1.82) is 0 Å². The molecule has 4 aromatic rings. The van der Waals surface area contributed by atoms with Gasteiger partial charge in [-0.25, -0.2) is 4.68 Å². The zero-order chi connectivity index (χ0) is 16.0. The molecular weight excluding hydrogens is 306 g/mol. The second kappa shape index (κ2) is 5.35. The molecule has 0 bridgehead atoms. The van der Waals surface area contributed by atoms with Crippen LogP contribution in [0.25, 0.3) is 26.8 Å². The summed E-state index contributed by atoms with van der Waals surface area (Å²) >= 11 is 1.59.